The van der Waals surface area contributed by atoms with Crippen molar-refractivity contribution in [3.63, 3.8) is 0 Å². The molecule has 1 aliphatic rings. The van der Waals surface area contributed by atoms with Gasteiger partial charge in [0.1, 0.15) is 0 Å². The third-order valence-electron chi connectivity index (χ3n) is 2.65. The average molecular weight is 239 g/mol. The second-order valence-electron chi connectivity index (χ2n) is 4.01. The van der Waals surface area contributed by atoms with Crippen LogP contribution in [0.4, 0.5) is 5.69 Å². The van der Waals surface area contributed by atoms with Crippen LogP contribution in [0.5, 0.6) is 0 Å². The molecular weight excluding hydrogens is 226 g/mol. The molecule has 2 rings (SSSR count). The van der Waals surface area contributed by atoms with Gasteiger partial charge in [-0.05, 0) is 25.5 Å². The third kappa shape index (κ3) is 1.71. The van der Waals surface area contributed by atoms with E-state index < -0.39 is 10.0 Å². The van der Waals surface area contributed by atoms with Crippen molar-refractivity contribution in [3.8, 4) is 0 Å². The lowest BCUT2D eigenvalue weighted by atomic mass is 10.1. The van der Waals surface area contributed by atoms with Crippen LogP contribution in [0.2, 0.25) is 0 Å². The first-order valence-corrected chi connectivity index (χ1v) is 6.66. The first kappa shape index (κ1) is 11.1. The highest BCUT2D eigenvalue weighted by Gasteiger charge is 2.36. The highest BCUT2D eigenvalue weighted by atomic mass is 32.2. The SMILES string of the molecule is Cc1ccc(N2C(=O)CCS2(=O)=O)c(C)c1. The smallest absolute Gasteiger partial charge is 0.242 e. The molecule has 1 aliphatic heterocycles. The van der Waals surface area contributed by atoms with Gasteiger partial charge in [0.25, 0.3) is 0 Å². The lowest BCUT2D eigenvalue weighted by Crippen LogP contribution is -2.29. The minimum absolute atomic E-state index is 0.0790. The Morgan fingerprint density at radius 2 is 1.94 bits per heavy atom. The first-order chi connectivity index (χ1) is 7.42. The average Bonchev–Trinajstić information content (AvgIpc) is 2.43. The van der Waals surface area contributed by atoms with Gasteiger partial charge in [-0.1, -0.05) is 17.7 Å². The largest absolute Gasteiger partial charge is 0.273 e. The number of sulfonamides is 1. The quantitative estimate of drug-likeness (QED) is 0.743. The number of hydrogen-bond acceptors (Lipinski definition) is 3. The normalized spacial score (nSPS) is 19.1. The van der Waals surface area contributed by atoms with Crippen LogP contribution in [0.1, 0.15) is 17.5 Å². The van der Waals surface area contributed by atoms with Crippen LogP contribution < -0.4 is 4.31 Å². The summed E-state index contributed by atoms with van der Waals surface area (Å²) in [5.41, 5.74) is 2.33. The van der Waals surface area contributed by atoms with E-state index in [-0.39, 0.29) is 18.1 Å². The topological polar surface area (TPSA) is 54.5 Å². The van der Waals surface area contributed by atoms with Crippen molar-refractivity contribution in [2.24, 2.45) is 0 Å². The number of rotatable bonds is 1. The summed E-state index contributed by atoms with van der Waals surface area (Å²) >= 11 is 0. The Balaban J connectivity index is 2.56. The van der Waals surface area contributed by atoms with E-state index in [1.807, 2.05) is 26.0 Å². The summed E-state index contributed by atoms with van der Waals surface area (Å²) < 4.78 is 24.4. The molecule has 0 aromatic heterocycles. The monoisotopic (exact) mass is 239 g/mol. The van der Waals surface area contributed by atoms with Gasteiger partial charge in [-0.25, -0.2) is 12.7 Å². The van der Waals surface area contributed by atoms with E-state index in [2.05, 4.69) is 0 Å². The molecule has 0 N–H and O–H groups in total. The Labute approximate surface area is 94.9 Å². The molecule has 1 saturated heterocycles. The van der Waals surface area contributed by atoms with Crippen LogP contribution in [-0.2, 0) is 14.8 Å². The van der Waals surface area contributed by atoms with E-state index >= 15 is 0 Å². The Bertz CT molecular complexity index is 548. The third-order valence-corrected chi connectivity index (χ3v) is 4.33. The minimum Gasteiger partial charge on any atom is -0.273 e. The number of carbonyl (C=O) groups is 1. The maximum absolute atomic E-state index is 11.7. The summed E-state index contributed by atoms with van der Waals surface area (Å²) in [6.45, 7) is 3.74. The molecule has 1 aromatic rings. The zero-order chi connectivity index (χ0) is 11.9. The zero-order valence-corrected chi connectivity index (χ0v) is 10.0. The van der Waals surface area contributed by atoms with Crippen LogP contribution in [0.3, 0.4) is 0 Å². The molecule has 5 heteroatoms. The standard InChI is InChI=1S/C11H13NO3S/c1-8-3-4-10(9(2)7-8)12-11(13)5-6-16(12,14)15/h3-4,7H,5-6H2,1-2H3. The minimum atomic E-state index is -3.44. The molecule has 1 aromatic carbocycles. The maximum Gasteiger partial charge on any atom is 0.242 e. The second kappa shape index (κ2) is 3.59. The van der Waals surface area contributed by atoms with Crippen molar-refractivity contribution in [1.29, 1.82) is 0 Å². The molecule has 0 atom stereocenters. The maximum atomic E-state index is 11.7. The summed E-state index contributed by atoms with van der Waals surface area (Å²) in [6, 6.07) is 5.37. The van der Waals surface area contributed by atoms with Gasteiger partial charge in [0.05, 0.1) is 11.4 Å². The van der Waals surface area contributed by atoms with Crippen LogP contribution >= 0.6 is 0 Å². The summed E-state index contributed by atoms with van der Waals surface area (Å²) in [5.74, 6) is -0.425. The van der Waals surface area contributed by atoms with Gasteiger partial charge >= 0.3 is 0 Å². The van der Waals surface area contributed by atoms with E-state index in [1.54, 1.807) is 6.07 Å². The van der Waals surface area contributed by atoms with E-state index in [0.717, 1.165) is 15.4 Å². The molecule has 1 amide bonds. The highest BCUT2D eigenvalue weighted by Crippen LogP contribution is 2.28. The molecule has 0 saturated carbocycles. The van der Waals surface area contributed by atoms with Crippen molar-refractivity contribution >= 4 is 21.6 Å². The van der Waals surface area contributed by atoms with E-state index in [0.29, 0.717) is 5.69 Å². The number of anilines is 1. The molecule has 0 bridgehead atoms. The van der Waals surface area contributed by atoms with Gasteiger partial charge in [-0.15, -0.1) is 0 Å². The van der Waals surface area contributed by atoms with Gasteiger partial charge < -0.3 is 0 Å². The number of benzene rings is 1. The first-order valence-electron chi connectivity index (χ1n) is 5.05. The van der Waals surface area contributed by atoms with Crippen LogP contribution in [0, 0.1) is 13.8 Å². The van der Waals surface area contributed by atoms with E-state index in [4.69, 9.17) is 0 Å². The molecule has 1 heterocycles. The lowest BCUT2D eigenvalue weighted by molar-refractivity contribution is -0.116. The molecule has 0 unspecified atom stereocenters. The molecule has 0 aliphatic carbocycles. The number of nitrogens with zero attached hydrogens (tertiary/aromatic N) is 1. The molecule has 4 nitrogen and oxygen atoms in total. The molecule has 16 heavy (non-hydrogen) atoms. The Morgan fingerprint density at radius 1 is 1.25 bits per heavy atom. The Morgan fingerprint density at radius 3 is 2.44 bits per heavy atom. The van der Waals surface area contributed by atoms with Gasteiger partial charge in [0.2, 0.25) is 15.9 Å². The van der Waals surface area contributed by atoms with Gasteiger partial charge in [0, 0.05) is 6.42 Å². The number of hydrogen-bond donors (Lipinski definition) is 0. The van der Waals surface area contributed by atoms with Crippen LogP contribution in [0.15, 0.2) is 18.2 Å². The Kier molecular flexibility index (Phi) is 2.50. The van der Waals surface area contributed by atoms with Crippen molar-refractivity contribution in [2.75, 3.05) is 10.1 Å². The van der Waals surface area contributed by atoms with Gasteiger partial charge in [0.15, 0.2) is 0 Å². The van der Waals surface area contributed by atoms with Gasteiger partial charge in [-0.2, -0.15) is 0 Å². The predicted octanol–water partition coefficient (Wildman–Crippen LogP) is 1.37. The van der Waals surface area contributed by atoms with Crippen molar-refractivity contribution < 1.29 is 13.2 Å². The molecule has 86 valence electrons. The van der Waals surface area contributed by atoms with Crippen LogP contribution in [-0.4, -0.2) is 20.1 Å². The summed E-state index contributed by atoms with van der Waals surface area (Å²) in [6.07, 6.45) is 0.0790. The number of aryl methyl sites for hydroxylation is 2. The molecule has 1 fully saturated rings. The fourth-order valence-corrected chi connectivity index (χ4v) is 3.40. The van der Waals surface area contributed by atoms with Gasteiger partial charge in [-0.3, -0.25) is 4.79 Å². The van der Waals surface area contributed by atoms with E-state index in [1.165, 1.54) is 0 Å². The van der Waals surface area contributed by atoms with Crippen LogP contribution in [0.25, 0.3) is 0 Å². The molecular formula is C11H13NO3S. The van der Waals surface area contributed by atoms with Crippen molar-refractivity contribution in [2.45, 2.75) is 20.3 Å². The zero-order valence-electron chi connectivity index (χ0n) is 9.23. The molecule has 0 radical (unpaired) electrons. The lowest BCUT2D eigenvalue weighted by Gasteiger charge is -2.17. The van der Waals surface area contributed by atoms with Crippen molar-refractivity contribution in [1.82, 2.24) is 0 Å². The molecule has 0 spiro atoms. The summed E-state index contributed by atoms with van der Waals surface area (Å²) in [5, 5.41) is 0. The summed E-state index contributed by atoms with van der Waals surface area (Å²) in [4.78, 5) is 11.6. The predicted molar refractivity (Wildman–Crippen MR) is 61.8 cm³/mol. The second-order valence-corrected chi connectivity index (χ2v) is 5.95. The van der Waals surface area contributed by atoms with E-state index in [9.17, 15) is 13.2 Å². The number of carbonyl (C=O) groups excluding carboxylic acids is 1. The highest BCUT2D eigenvalue weighted by molar-refractivity contribution is 7.94. The Hall–Kier alpha value is -1.36. The van der Waals surface area contributed by atoms with Crippen molar-refractivity contribution in [3.05, 3.63) is 29.3 Å². The fraction of sp³-hybridized carbons (Fsp3) is 0.364. The number of amides is 1. The summed E-state index contributed by atoms with van der Waals surface area (Å²) in [7, 11) is -3.44. The fourth-order valence-electron chi connectivity index (χ4n) is 1.88.